The number of fused-ring (bicyclic) bond motifs is 2. The molecule has 0 spiro atoms. The minimum absolute atomic E-state index is 0.179. The SMILES string of the molecule is COc1cc(C)cc(-c2cc(-c3cc(OC)cc(OC)c3)c(OC)c(-c3cccc4c3[P@](=O)(C(C)(C)C)CO4)c2C)c1.COc1cc(C)cc(-c2cc(-c3cc(OC)cc(OC)c3)c(OC)c(-c3cccc4c3[P@](=O)(C(C)(C)C)[C@@H](C)O4)c2C)c1. The highest BCUT2D eigenvalue weighted by Crippen LogP contribution is 2.68. The Balaban J connectivity index is 0.000000204. The van der Waals surface area contributed by atoms with Crippen LogP contribution in [-0.4, -0.2) is 79.4 Å². The third-order valence-electron chi connectivity index (χ3n) is 16.5. The number of methoxy groups -OCH3 is 8. The van der Waals surface area contributed by atoms with Crippen LogP contribution in [-0.2, 0) is 9.13 Å². The minimum Gasteiger partial charge on any atom is -0.497 e. The first-order chi connectivity index (χ1) is 40.3. The van der Waals surface area contributed by atoms with Crippen LogP contribution >= 0.6 is 14.3 Å². The van der Waals surface area contributed by atoms with E-state index in [-0.39, 0.29) is 6.35 Å². The predicted molar refractivity (Wildman–Crippen MR) is 346 cm³/mol. The van der Waals surface area contributed by atoms with Gasteiger partial charge in [0, 0.05) is 55.8 Å². The Morgan fingerprint density at radius 3 is 1.14 bits per heavy atom. The Labute approximate surface area is 502 Å². The van der Waals surface area contributed by atoms with Gasteiger partial charge in [-0.25, -0.2) is 0 Å². The number of aryl methyl sites for hydroxylation is 2. The maximum atomic E-state index is 15.1. The molecule has 85 heavy (non-hydrogen) atoms. The summed E-state index contributed by atoms with van der Waals surface area (Å²) in [5.41, 5.74) is 15.1. The topological polar surface area (TPSA) is 126 Å². The van der Waals surface area contributed by atoms with E-state index in [1.54, 1.807) is 56.9 Å². The lowest BCUT2D eigenvalue weighted by atomic mass is 9.86. The van der Waals surface area contributed by atoms with Crippen molar-refractivity contribution in [1.29, 1.82) is 0 Å². The Kier molecular flexibility index (Phi) is 17.4. The van der Waals surface area contributed by atoms with E-state index in [9.17, 15) is 4.57 Å². The first-order valence-corrected chi connectivity index (χ1v) is 32.0. The van der Waals surface area contributed by atoms with Crippen LogP contribution < -0.4 is 58.0 Å². The zero-order chi connectivity index (χ0) is 61.7. The van der Waals surface area contributed by atoms with E-state index < -0.39 is 30.4 Å². The second-order valence-electron chi connectivity index (χ2n) is 23.7. The predicted octanol–water partition coefficient (Wildman–Crippen LogP) is 17.3. The van der Waals surface area contributed by atoms with E-state index in [1.807, 2.05) is 146 Å². The van der Waals surface area contributed by atoms with Crippen molar-refractivity contribution in [3.05, 3.63) is 144 Å². The van der Waals surface area contributed by atoms with Crippen LogP contribution in [0.3, 0.4) is 0 Å². The lowest BCUT2D eigenvalue weighted by Gasteiger charge is -2.31. The maximum Gasteiger partial charge on any atom is 0.163 e. The number of rotatable bonds is 14. The molecular weight excluding hydrogens is 1110 g/mol. The third-order valence-corrected chi connectivity index (χ3v) is 24.6. The van der Waals surface area contributed by atoms with Crippen LogP contribution in [0.15, 0.2) is 121 Å². The van der Waals surface area contributed by atoms with Crippen LogP contribution in [0.5, 0.6) is 57.5 Å². The molecule has 14 heteroatoms. The van der Waals surface area contributed by atoms with Gasteiger partial charge in [-0.2, -0.15) is 0 Å². The van der Waals surface area contributed by atoms with E-state index in [1.165, 1.54) is 0 Å². The van der Waals surface area contributed by atoms with Gasteiger partial charge in [0.05, 0.1) is 67.5 Å². The van der Waals surface area contributed by atoms with Gasteiger partial charge in [0.1, 0.15) is 63.8 Å². The van der Waals surface area contributed by atoms with Gasteiger partial charge in [0.15, 0.2) is 20.1 Å². The van der Waals surface area contributed by atoms with Crippen molar-refractivity contribution in [2.45, 2.75) is 92.3 Å². The van der Waals surface area contributed by atoms with Crippen molar-refractivity contribution in [2.24, 2.45) is 0 Å². The van der Waals surface area contributed by atoms with E-state index in [0.29, 0.717) is 46.0 Å². The number of hydrogen-bond donors (Lipinski definition) is 0. The molecule has 2 aliphatic rings. The Bertz CT molecular complexity index is 3930. The summed E-state index contributed by atoms with van der Waals surface area (Å²) in [4.78, 5) is 0. The van der Waals surface area contributed by atoms with Crippen LogP contribution in [0.1, 0.15) is 70.7 Å². The average molecular weight is 1190 g/mol. The molecule has 2 heterocycles. The largest absolute Gasteiger partial charge is 0.497 e. The zero-order valence-corrected chi connectivity index (χ0v) is 54.4. The smallest absolute Gasteiger partial charge is 0.163 e. The Hall–Kier alpha value is -7.78. The molecular formula is C71H80O12P2. The summed E-state index contributed by atoms with van der Waals surface area (Å²) in [6.07, 6.45) is 0.179. The highest BCUT2D eigenvalue weighted by atomic mass is 31.2. The molecule has 446 valence electrons. The maximum absolute atomic E-state index is 15.1. The van der Waals surface area contributed by atoms with E-state index >= 15 is 4.57 Å². The Morgan fingerprint density at radius 2 is 0.776 bits per heavy atom. The molecule has 0 aliphatic carbocycles. The van der Waals surface area contributed by atoms with Crippen LogP contribution in [0, 0.1) is 27.7 Å². The standard InChI is InChI=1S/C36H41O6P.C35H39O6P/c1-21-14-24(16-26(15-21)38-7)30-20-31(25-17-27(39-8)19-28(18-25)40-9)34(41-10)33(22(30)2)29-12-11-13-32-35(29)43(37,23(3)42-32)36(4,5)6;1-21-13-23(15-25(14-21)37-6)29-19-30(24-16-26(38-7)18-27(17-24)39-8)33(40-9)32(22(29)2)28-11-10-12-31-34(28)42(36,20-41-31)35(3,4)5/h11-20,23H,1-10H3;10-19H,20H2,1-9H3/t23-,43-;42-/m00/s1. The summed E-state index contributed by atoms with van der Waals surface area (Å²) < 4.78 is 88.6. The van der Waals surface area contributed by atoms with E-state index in [2.05, 4.69) is 52.0 Å². The molecule has 10 rings (SSSR count). The molecule has 0 fully saturated rings. The fraction of sp³-hybridized carbons (Fsp3) is 0.324. The first-order valence-electron chi connectivity index (χ1n) is 28.3. The Morgan fingerprint density at radius 1 is 0.412 bits per heavy atom. The van der Waals surface area contributed by atoms with Gasteiger partial charge in [-0.1, -0.05) is 77.9 Å². The molecule has 0 amide bonds. The van der Waals surface area contributed by atoms with E-state index in [0.717, 1.165) is 111 Å². The van der Waals surface area contributed by atoms with Gasteiger partial charge >= 0.3 is 0 Å². The molecule has 8 aromatic carbocycles. The van der Waals surface area contributed by atoms with Gasteiger partial charge < -0.3 is 56.5 Å². The van der Waals surface area contributed by atoms with Crippen LogP contribution in [0.25, 0.3) is 66.8 Å². The van der Waals surface area contributed by atoms with Gasteiger partial charge in [-0.05, 0) is 163 Å². The van der Waals surface area contributed by atoms with Gasteiger partial charge in [-0.3, -0.25) is 0 Å². The van der Waals surface area contributed by atoms with Crippen molar-refractivity contribution in [1.82, 2.24) is 0 Å². The molecule has 2 aliphatic heterocycles. The lowest BCUT2D eigenvalue weighted by Crippen LogP contribution is -2.27. The second-order valence-corrected chi connectivity index (χ2v) is 31.1. The van der Waals surface area contributed by atoms with Crippen molar-refractivity contribution in [3.63, 3.8) is 0 Å². The molecule has 0 radical (unpaired) electrons. The van der Waals surface area contributed by atoms with Gasteiger partial charge in [0.2, 0.25) is 0 Å². The molecule has 12 nitrogen and oxygen atoms in total. The fourth-order valence-corrected chi connectivity index (χ4v) is 18.0. The molecule has 0 aromatic heterocycles. The molecule has 0 N–H and O–H groups in total. The van der Waals surface area contributed by atoms with Crippen molar-refractivity contribution in [2.75, 3.05) is 63.2 Å². The first kappa shape index (κ1) is 61.8. The summed E-state index contributed by atoms with van der Waals surface area (Å²) in [7, 11) is 7.26. The molecule has 3 atom stereocenters. The number of hydrogen-bond acceptors (Lipinski definition) is 12. The molecule has 0 saturated heterocycles. The van der Waals surface area contributed by atoms with Crippen molar-refractivity contribution in [3.8, 4) is 124 Å². The fourth-order valence-electron chi connectivity index (χ4n) is 12.0. The quantitative estimate of drug-likeness (QED) is 0.0962. The summed E-state index contributed by atoms with van der Waals surface area (Å²) in [6.45, 7) is 22.4. The second kappa shape index (κ2) is 23.9. The van der Waals surface area contributed by atoms with Crippen LogP contribution in [0.2, 0.25) is 0 Å². The van der Waals surface area contributed by atoms with Crippen molar-refractivity contribution < 1.29 is 56.5 Å². The summed E-state index contributed by atoms with van der Waals surface area (Å²) in [6, 6.07) is 40.1. The average Bonchev–Trinajstić information content (AvgIpc) is 1.71. The van der Waals surface area contributed by atoms with Crippen LogP contribution in [0.4, 0.5) is 0 Å². The summed E-state index contributed by atoms with van der Waals surface area (Å²) in [5, 5.41) is 0.538. The normalized spacial score (nSPS) is 16.9. The third kappa shape index (κ3) is 11.1. The van der Waals surface area contributed by atoms with E-state index in [4.69, 9.17) is 47.4 Å². The minimum atomic E-state index is -3.05. The monoisotopic (exact) mass is 1190 g/mol. The molecule has 0 bridgehead atoms. The molecule has 8 aromatic rings. The number of ether oxygens (including phenoxy) is 10. The van der Waals surface area contributed by atoms with Crippen molar-refractivity contribution >= 4 is 24.9 Å². The van der Waals surface area contributed by atoms with Gasteiger partial charge in [-0.15, -0.1) is 0 Å². The number of benzene rings is 8. The molecule has 0 saturated carbocycles. The highest BCUT2D eigenvalue weighted by molar-refractivity contribution is 7.74. The molecule has 0 unspecified atom stereocenters. The highest BCUT2D eigenvalue weighted by Gasteiger charge is 2.52. The zero-order valence-electron chi connectivity index (χ0n) is 52.6. The summed E-state index contributed by atoms with van der Waals surface area (Å²) >= 11 is 0. The lowest BCUT2D eigenvalue weighted by molar-refractivity contribution is 0.303. The van der Waals surface area contributed by atoms with Gasteiger partial charge in [0.25, 0.3) is 0 Å². The summed E-state index contributed by atoms with van der Waals surface area (Å²) in [5.74, 6) is 6.44.